The number of aliphatic hydroxyl groups excluding tert-OH is 2. The van der Waals surface area contributed by atoms with Crippen molar-refractivity contribution < 1.29 is 19.7 Å². The van der Waals surface area contributed by atoms with Gasteiger partial charge in [-0.3, -0.25) is 9.69 Å². The minimum atomic E-state index is -0.636. The molecular formula is C26H33N5O4S. The highest BCUT2D eigenvalue weighted by atomic mass is 32.2. The Morgan fingerprint density at radius 2 is 2.17 bits per heavy atom. The van der Waals surface area contributed by atoms with E-state index in [1.165, 1.54) is 11.8 Å². The topological polar surface area (TPSA) is 133 Å². The lowest BCUT2D eigenvalue weighted by Gasteiger charge is -2.31. The van der Waals surface area contributed by atoms with Gasteiger partial charge in [-0.2, -0.15) is 0 Å². The third-order valence-corrected chi connectivity index (χ3v) is 7.22. The number of hydrogen-bond acceptors (Lipinski definition) is 9. The van der Waals surface area contributed by atoms with E-state index in [0.717, 1.165) is 52.5 Å². The number of thioether (sulfide) groups is 1. The highest BCUT2D eigenvalue weighted by Gasteiger charge is 2.22. The number of amides is 1. The molecule has 0 saturated carbocycles. The molecule has 1 aromatic heterocycles. The monoisotopic (exact) mass is 511 g/mol. The molecule has 5 N–H and O–H groups in total. The summed E-state index contributed by atoms with van der Waals surface area (Å²) in [6.45, 7) is 2.44. The molecule has 1 saturated heterocycles. The number of β-amino-alcohol motifs (C(OH)–C–C–N with tert-alkyl or cyclic N) is 2. The first-order chi connectivity index (χ1) is 17.5. The number of para-hydroxylation sites is 1. The highest BCUT2D eigenvalue weighted by Crippen LogP contribution is 2.29. The molecule has 0 spiro atoms. The number of carbonyl (C=O) groups excluding carboxylic acids is 1. The molecule has 10 heteroatoms. The second-order valence-electron chi connectivity index (χ2n) is 8.84. The summed E-state index contributed by atoms with van der Waals surface area (Å²) >= 11 is 1.50. The highest BCUT2D eigenvalue weighted by molar-refractivity contribution is 8.00. The average Bonchev–Trinajstić information content (AvgIpc) is 3.10. The maximum atomic E-state index is 11.0. The van der Waals surface area contributed by atoms with Crippen molar-refractivity contribution in [2.75, 3.05) is 37.8 Å². The maximum Gasteiger partial charge on any atom is 0.235 e. The van der Waals surface area contributed by atoms with E-state index < -0.39 is 6.10 Å². The molecule has 4 heterocycles. The van der Waals surface area contributed by atoms with Crippen LogP contribution < -0.4 is 21.6 Å². The third kappa shape index (κ3) is 6.71. The van der Waals surface area contributed by atoms with Gasteiger partial charge in [0.1, 0.15) is 5.82 Å². The fraction of sp³-hybridized carbons (Fsp3) is 0.423. The summed E-state index contributed by atoms with van der Waals surface area (Å²) in [5, 5.41) is 25.0. The first kappa shape index (κ1) is 26.3. The lowest BCUT2D eigenvalue weighted by atomic mass is 10.0. The Balaban J connectivity index is 0.000000197. The summed E-state index contributed by atoms with van der Waals surface area (Å²) in [5.74, 6) is 1.69. The van der Waals surface area contributed by atoms with E-state index in [9.17, 15) is 15.0 Å². The number of fused-ring (bicyclic) bond motifs is 2. The Morgan fingerprint density at radius 3 is 2.94 bits per heavy atom. The Morgan fingerprint density at radius 1 is 1.31 bits per heavy atom. The van der Waals surface area contributed by atoms with E-state index in [2.05, 4.69) is 26.3 Å². The van der Waals surface area contributed by atoms with E-state index in [-0.39, 0.29) is 12.0 Å². The van der Waals surface area contributed by atoms with E-state index in [0.29, 0.717) is 37.1 Å². The van der Waals surface area contributed by atoms with Crippen LogP contribution >= 0.6 is 11.8 Å². The molecule has 5 rings (SSSR count). The van der Waals surface area contributed by atoms with Gasteiger partial charge in [0.25, 0.3) is 0 Å². The van der Waals surface area contributed by atoms with Gasteiger partial charge in [0, 0.05) is 25.2 Å². The normalized spacial score (nSPS) is 20.1. The van der Waals surface area contributed by atoms with Gasteiger partial charge in [-0.25, -0.2) is 9.98 Å². The van der Waals surface area contributed by atoms with Crippen molar-refractivity contribution in [3.63, 3.8) is 0 Å². The van der Waals surface area contributed by atoms with Crippen LogP contribution in [0.5, 0.6) is 0 Å². The number of allylic oxidation sites excluding steroid dienone is 1. The van der Waals surface area contributed by atoms with Crippen LogP contribution in [-0.4, -0.2) is 64.6 Å². The molecule has 0 radical (unpaired) electrons. The Bertz CT molecular complexity index is 1240. The zero-order valence-corrected chi connectivity index (χ0v) is 21.2. The zero-order valence-electron chi connectivity index (χ0n) is 20.4. The molecule has 2 atom stereocenters. The van der Waals surface area contributed by atoms with Crippen molar-refractivity contribution in [2.45, 2.75) is 42.9 Å². The number of aliphatic hydroxyl groups is 2. The average molecular weight is 512 g/mol. The van der Waals surface area contributed by atoms with E-state index in [1.54, 1.807) is 7.11 Å². The predicted molar refractivity (Wildman–Crippen MR) is 140 cm³/mol. The molecular weight excluding hydrogens is 478 g/mol. The van der Waals surface area contributed by atoms with Crippen molar-refractivity contribution in [1.82, 2.24) is 9.88 Å². The predicted octanol–water partition coefficient (Wildman–Crippen LogP) is 1.05. The number of rotatable bonds is 5. The van der Waals surface area contributed by atoms with Gasteiger partial charge in [0.2, 0.25) is 11.8 Å². The van der Waals surface area contributed by atoms with Crippen LogP contribution in [0.15, 0.2) is 52.2 Å². The largest absolute Gasteiger partial charge is 0.481 e. The van der Waals surface area contributed by atoms with Crippen LogP contribution in [0.25, 0.3) is 6.08 Å². The number of anilines is 1. The van der Waals surface area contributed by atoms with Gasteiger partial charge in [0.15, 0.2) is 0 Å². The number of hydrogen-bond donors (Lipinski definition) is 4. The van der Waals surface area contributed by atoms with Crippen molar-refractivity contribution in [3.8, 4) is 0 Å². The van der Waals surface area contributed by atoms with Crippen LogP contribution in [0.4, 0.5) is 5.82 Å². The summed E-state index contributed by atoms with van der Waals surface area (Å²) < 4.78 is 5.28. The third-order valence-electron chi connectivity index (χ3n) is 6.17. The number of nitrogens with zero attached hydrogens (tertiary/aromatic N) is 3. The number of benzene rings is 1. The minimum absolute atomic E-state index is 0.000767. The maximum absolute atomic E-state index is 11.0. The van der Waals surface area contributed by atoms with Gasteiger partial charge in [-0.05, 0) is 49.2 Å². The SMILES string of the molecule is COC1=CCC=c2cccc(C(O)CN3CCCC(O)C3)c2=N1.NCc1ccc2c(n1)NC(=O)CS2. The number of nitrogens with one attached hydrogen (secondary N) is 1. The molecule has 0 aliphatic carbocycles. The van der Waals surface area contributed by atoms with Gasteiger partial charge >= 0.3 is 0 Å². The summed E-state index contributed by atoms with van der Waals surface area (Å²) in [4.78, 5) is 22.9. The van der Waals surface area contributed by atoms with E-state index >= 15 is 0 Å². The Labute approximate surface area is 214 Å². The molecule has 9 nitrogen and oxygen atoms in total. The molecule has 1 amide bonds. The summed E-state index contributed by atoms with van der Waals surface area (Å²) in [5.41, 5.74) is 7.04. The van der Waals surface area contributed by atoms with E-state index in [1.807, 2.05) is 36.4 Å². The van der Waals surface area contributed by atoms with Crippen LogP contribution in [0.3, 0.4) is 0 Å². The number of nitrogens with two attached hydrogens (primary N) is 1. The molecule has 1 fully saturated rings. The van der Waals surface area contributed by atoms with Crippen LogP contribution in [0.1, 0.15) is 36.6 Å². The zero-order chi connectivity index (χ0) is 25.5. The lowest BCUT2D eigenvalue weighted by Crippen LogP contribution is -2.41. The summed E-state index contributed by atoms with van der Waals surface area (Å²) in [6.07, 6.45) is 5.67. The van der Waals surface area contributed by atoms with Crippen LogP contribution in [0.2, 0.25) is 0 Å². The Hall–Kier alpha value is -2.76. The van der Waals surface area contributed by atoms with Gasteiger partial charge in [-0.1, -0.05) is 24.3 Å². The molecule has 1 aromatic carbocycles. The summed E-state index contributed by atoms with van der Waals surface area (Å²) in [6, 6.07) is 9.69. The number of ether oxygens (including phenoxy) is 1. The van der Waals surface area contributed by atoms with Gasteiger partial charge < -0.3 is 26.0 Å². The lowest BCUT2D eigenvalue weighted by molar-refractivity contribution is -0.113. The second-order valence-corrected chi connectivity index (χ2v) is 9.86. The summed E-state index contributed by atoms with van der Waals surface area (Å²) in [7, 11) is 1.61. The number of pyridine rings is 1. The van der Waals surface area contributed by atoms with Crippen molar-refractivity contribution in [1.29, 1.82) is 0 Å². The second kappa shape index (κ2) is 12.5. The fourth-order valence-electron chi connectivity index (χ4n) is 4.37. The Kier molecular flexibility index (Phi) is 9.11. The van der Waals surface area contributed by atoms with Crippen molar-refractivity contribution in [2.24, 2.45) is 10.7 Å². The minimum Gasteiger partial charge on any atom is -0.481 e. The fourth-order valence-corrected chi connectivity index (χ4v) is 5.13. The molecule has 3 aliphatic rings. The van der Waals surface area contributed by atoms with Crippen molar-refractivity contribution in [3.05, 3.63) is 64.1 Å². The van der Waals surface area contributed by atoms with Crippen LogP contribution in [-0.2, 0) is 16.1 Å². The smallest absolute Gasteiger partial charge is 0.235 e. The quantitative estimate of drug-likeness (QED) is 0.468. The number of aromatic nitrogens is 1. The standard InChI is InChI=1S/C18H24N2O3.C8H9N3OS/c1-23-17-9-3-6-13-5-2-8-15(18(13)19-17)16(22)12-20-10-4-7-14(21)11-20;9-3-5-1-2-6-8(10-5)11-7(12)4-13-6/h2,5-6,8-9,14,16,21-22H,3-4,7,10-12H2,1H3;1-2H,3-4,9H2,(H,10,11,12). The number of methoxy groups -OCH3 is 1. The van der Waals surface area contributed by atoms with Gasteiger partial charge in [-0.15, -0.1) is 11.8 Å². The first-order valence-electron chi connectivity index (χ1n) is 12.1. The molecule has 2 aromatic rings. The molecule has 3 aliphatic heterocycles. The number of carbonyl (C=O) groups is 1. The molecule has 192 valence electrons. The van der Waals surface area contributed by atoms with Gasteiger partial charge in [0.05, 0.1) is 41.0 Å². The number of likely N-dealkylation sites (tertiary alicyclic amines) is 1. The molecule has 2 unspecified atom stereocenters. The van der Waals surface area contributed by atoms with Crippen LogP contribution in [0, 0.1) is 0 Å². The van der Waals surface area contributed by atoms with E-state index in [4.69, 9.17) is 10.5 Å². The number of piperidine rings is 1. The van der Waals surface area contributed by atoms with Crippen molar-refractivity contribution >= 4 is 29.6 Å². The first-order valence-corrected chi connectivity index (χ1v) is 13.1. The molecule has 0 bridgehead atoms. The molecule has 36 heavy (non-hydrogen) atoms.